The molecule has 0 N–H and O–H groups in total. The minimum Gasteiger partial charge on any atom is -0.0683 e. The molecule has 1 aromatic carbocycles. The van der Waals surface area contributed by atoms with Crippen LogP contribution in [0.3, 0.4) is 0 Å². The number of rotatable bonds is 1. The summed E-state index contributed by atoms with van der Waals surface area (Å²) in [5.41, 5.74) is 2.85. The molecule has 100 valence electrons. The van der Waals surface area contributed by atoms with Crippen molar-refractivity contribution in [3.63, 3.8) is 0 Å². The highest BCUT2D eigenvalue weighted by molar-refractivity contribution is 6.89. The Balaban J connectivity index is 0. The fourth-order valence-corrected chi connectivity index (χ4v) is 3.47. The van der Waals surface area contributed by atoms with Gasteiger partial charge < -0.3 is 0 Å². The second-order valence-corrected chi connectivity index (χ2v) is 10.3. The molecule has 1 rings (SSSR count). The van der Waals surface area contributed by atoms with Crippen LogP contribution in [0, 0.1) is 13.8 Å². The molecule has 0 aliphatic carbocycles. The van der Waals surface area contributed by atoms with E-state index in [1.54, 1.807) is 5.19 Å². The molecule has 0 aliphatic heterocycles. The Kier molecular flexibility index (Phi) is 10.5. The highest BCUT2D eigenvalue weighted by Gasteiger charge is 2.18. The van der Waals surface area contributed by atoms with Crippen LogP contribution in [0.5, 0.6) is 0 Å². The van der Waals surface area contributed by atoms with Gasteiger partial charge in [0.15, 0.2) is 0 Å². The molecular weight excluding hydrogens is 220 g/mol. The van der Waals surface area contributed by atoms with Gasteiger partial charge in [0.1, 0.15) is 0 Å². The molecule has 0 aromatic heterocycles. The van der Waals surface area contributed by atoms with Crippen LogP contribution in [-0.4, -0.2) is 8.07 Å². The van der Waals surface area contributed by atoms with Crippen molar-refractivity contribution in [2.75, 3.05) is 0 Å². The Hall–Kier alpha value is -0.563. The number of hydrogen-bond donors (Lipinski definition) is 0. The molecule has 0 saturated carbocycles. The summed E-state index contributed by atoms with van der Waals surface area (Å²) in [6, 6.07) is 6.78. The van der Waals surface area contributed by atoms with Crippen molar-refractivity contribution in [1.82, 2.24) is 0 Å². The summed E-state index contributed by atoms with van der Waals surface area (Å²) in [7, 11) is -1.11. The fourth-order valence-electron chi connectivity index (χ4n) is 1.54. The second-order valence-electron chi connectivity index (χ2n) is 5.28. The summed E-state index contributed by atoms with van der Waals surface area (Å²) in [6.07, 6.45) is 1.25. The molecule has 0 saturated heterocycles. The van der Waals surface area contributed by atoms with Gasteiger partial charge in [-0.2, -0.15) is 0 Å². The molecule has 0 aliphatic rings. The maximum atomic E-state index is 2.40. The van der Waals surface area contributed by atoms with Crippen LogP contribution < -0.4 is 5.19 Å². The smallest absolute Gasteiger partial charge is 0.0683 e. The van der Waals surface area contributed by atoms with Gasteiger partial charge in [0.2, 0.25) is 0 Å². The van der Waals surface area contributed by atoms with Crippen molar-refractivity contribution in [1.29, 1.82) is 0 Å². The van der Waals surface area contributed by atoms with Crippen molar-refractivity contribution in [3.05, 3.63) is 29.3 Å². The minimum absolute atomic E-state index is 1.11. The maximum absolute atomic E-state index is 2.40. The van der Waals surface area contributed by atoms with Crippen molar-refractivity contribution in [2.45, 2.75) is 67.6 Å². The number of benzene rings is 1. The van der Waals surface area contributed by atoms with Crippen LogP contribution in [-0.2, 0) is 0 Å². The molecule has 0 amide bonds. The van der Waals surface area contributed by atoms with Gasteiger partial charge in [-0.05, 0) is 13.8 Å². The Labute approximate surface area is 110 Å². The van der Waals surface area contributed by atoms with Crippen LogP contribution in [0.2, 0.25) is 19.6 Å². The van der Waals surface area contributed by atoms with E-state index in [1.807, 2.05) is 13.8 Å². The fraction of sp³-hybridized carbons (Fsp3) is 0.625. The lowest BCUT2D eigenvalue weighted by Gasteiger charge is -2.19. The molecule has 0 radical (unpaired) electrons. The molecule has 0 bridgehead atoms. The van der Waals surface area contributed by atoms with Gasteiger partial charge in [-0.15, -0.1) is 0 Å². The van der Waals surface area contributed by atoms with Gasteiger partial charge in [0.25, 0.3) is 0 Å². The first-order valence-electron chi connectivity index (χ1n) is 6.90. The van der Waals surface area contributed by atoms with E-state index in [0.29, 0.717) is 0 Å². The van der Waals surface area contributed by atoms with E-state index in [4.69, 9.17) is 0 Å². The van der Waals surface area contributed by atoms with Crippen LogP contribution in [0.4, 0.5) is 0 Å². The van der Waals surface area contributed by atoms with Gasteiger partial charge in [0, 0.05) is 0 Å². The summed E-state index contributed by atoms with van der Waals surface area (Å²) in [5.74, 6) is 0. The molecule has 0 atom stereocenters. The van der Waals surface area contributed by atoms with Crippen molar-refractivity contribution in [2.24, 2.45) is 0 Å². The molecule has 1 aromatic rings. The lowest BCUT2D eigenvalue weighted by atomic mass is 10.2. The van der Waals surface area contributed by atoms with E-state index in [2.05, 4.69) is 65.5 Å². The SMILES string of the molecule is CC.CCC.Cc1ccc(C)c([Si](C)(C)C)c1. The first kappa shape index (κ1) is 18.8. The average Bonchev–Trinajstić information content (AvgIpc) is 2.24. The summed E-state index contributed by atoms with van der Waals surface area (Å²) in [4.78, 5) is 0. The second kappa shape index (κ2) is 9.47. The van der Waals surface area contributed by atoms with E-state index in [0.717, 1.165) is 0 Å². The third-order valence-electron chi connectivity index (χ3n) is 2.20. The highest BCUT2D eigenvalue weighted by atomic mass is 28.3. The van der Waals surface area contributed by atoms with Gasteiger partial charge in [0.05, 0.1) is 8.07 Å². The molecule has 17 heavy (non-hydrogen) atoms. The summed E-state index contributed by atoms with van der Waals surface area (Å²) >= 11 is 0. The van der Waals surface area contributed by atoms with Crippen molar-refractivity contribution in [3.8, 4) is 0 Å². The topological polar surface area (TPSA) is 0 Å². The molecule has 0 unspecified atom stereocenters. The lowest BCUT2D eigenvalue weighted by molar-refractivity contribution is 1.09. The average molecular weight is 253 g/mol. The van der Waals surface area contributed by atoms with Gasteiger partial charge in [-0.25, -0.2) is 0 Å². The largest absolute Gasteiger partial charge is 0.0779 e. The van der Waals surface area contributed by atoms with Gasteiger partial charge >= 0.3 is 0 Å². The van der Waals surface area contributed by atoms with Crippen LogP contribution in [0.1, 0.15) is 45.2 Å². The van der Waals surface area contributed by atoms with E-state index in [9.17, 15) is 0 Å². The third-order valence-corrected chi connectivity index (χ3v) is 4.36. The van der Waals surface area contributed by atoms with Crippen LogP contribution in [0.25, 0.3) is 0 Å². The van der Waals surface area contributed by atoms with Crippen molar-refractivity contribution >= 4 is 13.3 Å². The summed E-state index contributed by atoms with van der Waals surface area (Å²) in [5, 5.41) is 1.60. The normalized spacial score (nSPS) is 9.71. The standard InChI is InChI=1S/C11H18Si.C3H8.C2H6/c1-9-6-7-10(2)11(8-9)12(3,4)5;1-3-2;1-2/h6-8H,1-5H3;3H2,1-2H3;1-2H3. The zero-order valence-corrected chi connectivity index (χ0v) is 14.4. The molecule has 0 fully saturated rings. The van der Waals surface area contributed by atoms with Gasteiger partial charge in [-0.1, -0.05) is 88.3 Å². The molecular formula is C16H32Si. The van der Waals surface area contributed by atoms with Gasteiger partial charge in [-0.3, -0.25) is 0 Å². The Morgan fingerprint density at radius 2 is 1.35 bits per heavy atom. The quantitative estimate of drug-likeness (QED) is 0.596. The lowest BCUT2D eigenvalue weighted by Crippen LogP contribution is -2.39. The van der Waals surface area contributed by atoms with E-state index < -0.39 is 8.07 Å². The Morgan fingerprint density at radius 1 is 0.941 bits per heavy atom. The van der Waals surface area contributed by atoms with Crippen LogP contribution >= 0.6 is 0 Å². The van der Waals surface area contributed by atoms with E-state index in [-0.39, 0.29) is 0 Å². The Bertz CT molecular complexity index is 295. The molecule has 1 heteroatoms. The van der Waals surface area contributed by atoms with Crippen molar-refractivity contribution < 1.29 is 0 Å². The van der Waals surface area contributed by atoms with E-state index in [1.165, 1.54) is 17.5 Å². The summed E-state index contributed by atoms with van der Waals surface area (Å²) in [6.45, 7) is 19.8. The predicted octanol–water partition coefficient (Wildman–Crippen LogP) is 5.29. The number of aryl methyl sites for hydroxylation is 2. The maximum Gasteiger partial charge on any atom is 0.0779 e. The monoisotopic (exact) mass is 252 g/mol. The molecule has 0 spiro atoms. The van der Waals surface area contributed by atoms with Crippen LogP contribution in [0.15, 0.2) is 18.2 Å². The Morgan fingerprint density at radius 3 is 1.65 bits per heavy atom. The first-order valence-corrected chi connectivity index (χ1v) is 10.4. The third kappa shape index (κ3) is 8.20. The zero-order chi connectivity index (χ0) is 14.1. The predicted molar refractivity (Wildman–Crippen MR) is 86.2 cm³/mol. The van der Waals surface area contributed by atoms with E-state index >= 15 is 0 Å². The number of hydrogen-bond acceptors (Lipinski definition) is 0. The molecule has 0 nitrogen and oxygen atoms in total. The highest BCUT2D eigenvalue weighted by Crippen LogP contribution is 2.08. The minimum atomic E-state index is -1.11. The summed E-state index contributed by atoms with van der Waals surface area (Å²) < 4.78 is 0. The zero-order valence-electron chi connectivity index (χ0n) is 13.4. The first-order chi connectivity index (χ1) is 7.82. The molecule has 0 heterocycles.